The summed E-state index contributed by atoms with van der Waals surface area (Å²) in [5, 5.41) is 10.6. The molecule has 0 unspecified atom stereocenters. The number of aromatic amines is 1. The maximum Gasteiger partial charge on any atom is 0.320 e. The molecular formula is C28H28N6O. The molecule has 1 N–H and O–H groups in total. The van der Waals surface area contributed by atoms with Crippen LogP contribution < -0.4 is 4.90 Å². The number of rotatable bonds is 5. The Balaban J connectivity index is 1.11. The predicted molar refractivity (Wildman–Crippen MR) is 136 cm³/mol. The summed E-state index contributed by atoms with van der Waals surface area (Å²) in [4.78, 5) is 19.2. The Kier molecular flexibility index (Phi) is 5.66. The highest BCUT2D eigenvalue weighted by Gasteiger charge is 2.37. The molecule has 0 aliphatic carbocycles. The Morgan fingerprint density at radius 1 is 0.771 bits per heavy atom. The summed E-state index contributed by atoms with van der Waals surface area (Å²) in [7, 11) is 0. The zero-order valence-electron chi connectivity index (χ0n) is 19.5. The lowest BCUT2D eigenvalue weighted by molar-refractivity contribution is 0.121. The van der Waals surface area contributed by atoms with Crippen molar-refractivity contribution in [1.29, 1.82) is 0 Å². The Morgan fingerprint density at radius 3 is 1.97 bits per heavy atom. The average Bonchev–Trinajstić information content (AvgIpc) is 3.58. The fourth-order valence-electron chi connectivity index (χ4n) is 5.13. The van der Waals surface area contributed by atoms with Crippen molar-refractivity contribution in [2.75, 3.05) is 31.1 Å². The number of nitrogens with one attached hydrogen (secondary N) is 1. The molecule has 2 amide bonds. The average molecular weight is 465 g/mol. The van der Waals surface area contributed by atoms with Gasteiger partial charge >= 0.3 is 6.03 Å². The second-order valence-corrected chi connectivity index (χ2v) is 9.33. The predicted octanol–water partition coefficient (Wildman–Crippen LogP) is 5.28. The van der Waals surface area contributed by atoms with Gasteiger partial charge in [0.2, 0.25) is 0 Å². The molecule has 3 heterocycles. The molecule has 0 saturated carbocycles. The quantitative estimate of drug-likeness (QED) is 0.436. The normalized spacial score (nSPS) is 17.9. The van der Waals surface area contributed by atoms with Crippen LogP contribution in [0.1, 0.15) is 29.5 Å². The van der Waals surface area contributed by atoms with E-state index < -0.39 is 0 Å². The van der Waals surface area contributed by atoms with Gasteiger partial charge in [-0.3, -0.25) is 5.10 Å². The van der Waals surface area contributed by atoms with Gasteiger partial charge in [-0.1, -0.05) is 53.7 Å². The minimum absolute atomic E-state index is 0.146. The van der Waals surface area contributed by atoms with Gasteiger partial charge in [-0.2, -0.15) is 0 Å². The zero-order valence-corrected chi connectivity index (χ0v) is 19.5. The molecule has 0 radical (unpaired) electrons. The molecule has 1 atom stereocenters. The fourth-order valence-corrected chi connectivity index (χ4v) is 5.13. The Labute approximate surface area is 205 Å². The third-order valence-corrected chi connectivity index (χ3v) is 7.14. The summed E-state index contributed by atoms with van der Waals surface area (Å²) in [6, 6.07) is 29.8. The van der Waals surface area contributed by atoms with Crippen LogP contribution in [0.4, 0.5) is 21.9 Å². The van der Waals surface area contributed by atoms with Gasteiger partial charge in [-0.25, -0.2) is 4.79 Å². The third-order valence-electron chi connectivity index (χ3n) is 7.14. The summed E-state index contributed by atoms with van der Waals surface area (Å²) in [5.41, 5.74) is 5.67. The minimum Gasteiger partial charge on any atom is -0.324 e. The monoisotopic (exact) mass is 464 g/mol. The van der Waals surface area contributed by atoms with Crippen LogP contribution in [-0.4, -0.2) is 57.4 Å². The summed E-state index contributed by atoms with van der Waals surface area (Å²) in [5.74, 6) is 0.681. The van der Waals surface area contributed by atoms with E-state index in [4.69, 9.17) is 0 Å². The van der Waals surface area contributed by atoms with Crippen molar-refractivity contribution in [2.45, 2.75) is 18.3 Å². The first-order chi connectivity index (χ1) is 17.3. The molecule has 6 rings (SSSR count). The van der Waals surface area contributed by atoms with Gasteiger partial charge in [0, 0.05) is 55.1 Å². The van der Waals surface area contributed by atoms with E-state index in [-0.39, 0.29) is 6.03 Å². The van der Waals surface area contributed by atoms with E-state index in [2.05, 4.69) is 93.1 Å². The number of anilines is 3. The molecule has 4 aromatic rings. The van der Waals surface area contributed by atoms with Crippen molar-refractivity contribution < 1.29 is 4.79 Å². The number of likely N-dealkylation sites (tertiary alicyclic amines) is 2. The van der Waals surface area contributed by atoms with Gasteiger partial charge < -0.3 is 14.7 Å². The van der Waals surface area contributed by atoms with Gasteiger partial charge in [0.1, 0.15) is 0 Å². The third kappa shape index (κ3) is 4.25. The van der Waals surface area contributed by atoms with Crippen molar-refractivity contribution in [1.82, 2.24) is 25.2 Å². The highest BCUT2D eigenvalue weighted by atomic mass is 16.2. The number of aromatic nitrogens is 3. The number of para-hydroxylation sites is 2. The van der Waals surface area contributed by atoms with Crippen LogP contribution in [-0.2, 0) is 0 Å². The highest BCUT2D eigenvalue weighted by Crippen LogP contribution is 2.36. The van der Waals surface area contributed by atoms with Crippen molar-refractivity contribution in [2.24, 2.45) is 0 Å². The number of nitrogens with zero attached hydrogens (tertiary/aromatic N) is 5. The van der Waals surface area contributed by atoms with Crippen LogP contribution in [0, 0.1) is 0 Å². The molecule has 0 spiro atoms. The number of hydrogen-bond donors (Lipinski definition) is 1. The molecule has 3 aromatic carbocycles. The van der Waals surface area contributed by atoms with E-state index in [1.165, 1.54) is 5.56 Å². The van der Waals surface area contributed by atoms with E-state index in [0.29, 0.717) is 11.8 Å². The van der Waals surface area contributed by atoms with E-state index in [0.717, 1.165) is 55.4 Å². The SMILES string of the molecule is O=C(N1CC(c2ccc(N(c3ccccc3)c3ccccc3)cc2)C1)N1CC[C@H](c2cnn[nH]2)C1. The maximum atomic E-state index is 13.0. The lowest BCUT2D eigenvalue weighted by Gasteiger charge is -2.41. The molecule has 7 nitrogen and oxygen atoms in total. The van der Waals surface area contributed by atoms with Gasteiger partial charge in [0.05, 0.1) is 11.9 Å². The number of H-pyrrole nitrogens is 1. The van der Waals surface area contributed by atoms with Crippen molar-refractivity contribution in [3.8, 4) is 0 Å². The van der Waals surface area contributed by atoms with Crippen LogP contribution in [0.25, 0.3) is 0 Å². The zero-order chi connectivity index (χ0) is 23.6. The number of hydrogen-bond acceptors (Lipinski definition) is 4. The van der Waals surface area contributed by atoms with Gasteiger partial charge in [0.15, 0.2) is 0 Å². The minimum atomic E-state index is 0.146. The molecular weight excluding hydrogens is 436 g/mol. The Morgan fingerprint density at radius 2 is 1.37 bits per heavy atom. The smallest absolute Gasteiger partial charge is 0.320 e. The molecule has 2 saturated heterocycles. The number of amides is 2. The summed E-state index contributed by atoms with van der Waals surface area (Å²) < 4.78 is 0. The van der Waals surface area contributed by atoms with Crippen LogP contribution in [0.2, 0.25) is 0 Å². The lowest BCUT2D eigenvalue weighted by atomic mass is 9.91. The number of benzene rings is 3. The van der Waals surface area contributed by atoms with Crippen molar-refractivity contribution in [3.05, 3.63) is 102 Å². The van der Waals surface area contributed by atoms with Gasteiger partial charge in [-0.15, -0.1) is 5.10 Å². The second-order valence-electron chi connectivity index (χ2n) is 9.33. The molecule has 35 heavy (non-hydrogen) atoms. The Bertz CT molecular complexity index is 1210. The van der Waals surface area contributed by atoms with E-state index in [9.17, 15) is 4.79 Å². The molecule has 7 heteroatoms. The maximum absolute atomic E-state index is 13.0. The molecule has 1 aromatic heterocycles. The summed E-state index contributed by atoms with van der Waals surface area (Å²) in [6.07, 6.45) is 2.71. The fraction of sp³-hybridized carbons (Fsp3) is 0.250. The van der Waals surface area contributed by atoms with Gasteiger partial charge in [-0.05, 0) is 48.4 Å². The summed E-state index contributed by atoms with van der Waals surface area (Å²) in [6.45, 7) is 3.05. The topological polar surface area (TPSA) is 68.4 Å². The van der Waals surface area contributed by atoms with E-state index >= 15 is 0 Å². The van der Waals surface area contributed by atoms with Crippen molar-refractivity contribution in [3.63, 3.8) is 0 Å². The first kappa shape index (κ1) is 21.4. The standard InChI is InChI=1S/C28H28N6O/c35-28(32-16-15-22(18-32)27-17-29-31-30-27)33-19-23(20-33)21-11-13-26(14-12-21)34(24-7-3-1-4-8-24)25-9-5-2-6-10-25/h1-14,17,22-23H,15-16,18-20H2,(H,29,30,31)/t22-/m0/s1. The Hall–Kier alpha value is -4.13. The molecule has 2 fully saturated rings. The van der Waals surface area contributed by atoms with Crippen LogP contribution >= 0.6 is 0 Å². The molecule has 2 aliphatic heterocycles. The lowest BCUT2D eigenvalue weighted by Crippen LogP contribution is -2.53. The first-order valence-electron chi connectivity index (χ1n) is 12.2. The van der Waals surface area contributed by atoms with Crippen LogP contribution in [0.5, 0.6) is 0 Å². The number of urea groups is 1. The van der Waals surface area contributed by atoms with Crippen LogP contribution in [0.15, 0.2) is 91.1 Å². The first-order valence-corrected chi connectivity index (χ1v) is 12.2. The second kappa shape index (κ2) is 9.25. The number of carbonyl (C=O) groups excluding carboxylic acids is 1. The molecule has 176 valence electrons. The van der Waals surface area contributed by atoms with Gasteiger partial charge in [0.25, 0.3) is 0 Å². The van der Waals surface area contributed by atoms with E-state index in [1.807, 2.05) is 21.9 Å². The molecule has 0 bridgehead atoms. The largest absolute Gasteiger partial charge is 0.324 e. The number of carbonyl (C=O) groups is 1. The molecule has 2 aliphatic rings. The summed E-state index contributed by atoms with van der Waals surface area (Å²) >= 11 is 0. The van der Waals surface area contributed by atoms with Crippen molar-refractivity contribution >= 4 is 23.1 Å². The van der Waals surface area contributed by atoms with Crippen LogP contribution in [0.3, 0.4) is 0 Å². The van der Waals surface area contributed by atoms with E-state index in [1.54, 1.807) is 6.20 Å². The highest BCUT2D eigenvalue weighted by molar-refractivity contribution is 5.77.